The summed E-state index contributed by atoms with van der Waals surface area (Å²) in [7, 11) is 1.51. The number of benzene rings is 1. The first kappa shape index (κ1) is 17.0. The molecule has 0 bridgehead atoms. The van der Waals surface area contributed by atoms with E-state index in [2.05, 4.69) is 25.4 Å². The molecule has 8 nitrogen and oxygen atoms in total. The van der Waals surface area contributed by atoms with Gasteiger partial charge in [-0.3, -0.25) is 5.43 Å². The largest absolute Gasteiger partial charge is 0.504 e. The Morgan fingerprint density at radius 1 is 1.32 bits per heavy atom. The summed E-state index contributed by atoms with van der Waals surface area (Å²) in [5.74, 6) is 2.54. The molecular weight excluding hydrogens is 322 g/mol. The molecular formula is C17H21N5O3. The number of nitrogens with one attached hydrogen (secondary N) is 1. The van der Waals surface area contributed by atoms with Crippen LogP contribution in [0.15, 0.2) is 29.4 Å². The number of hydrogen-bond acceptors (Lipinski definition) is 8. The predicted molar refractivity (Wildman–Crippen MR) is 95.7 cm³/mol. The smallest absolute Gasteiger partial charge is 0.166 e. The molecule has 1 aliphatic rings. The molecule has 0 aliphatic carbocycles. The van der Waals surface area contributed by atoms with Crippen LogP contribution >= 0.6 is 0 Å². The average Bonchev–Trinajstić information content (AvgIpc) is 2.63. The molecule has 2 N–H and O–H groups in total. The second-order valence-electron chi connectivity index (χ2n) is 5.53. The molecule has 8 heteroatoms. The third-order valence-electron chi connectivity index (χ3n) is 3.79. The maximum absolute atomic E-state index is 10.1. The number of hydrazone groups is 1. The third kappa shape index (κ3) is 4.16. The molecule has 0 spiro atoms. The van der Waals surface area contributed by atoms with E-state index in [-0.39, 0.29) is 5.75 Å². The summed E-state index contributed by atoms with van der Waals surface area (Å²) < 4.78 is 10.4. The van der Waals surface area contributed by atoms with E-state index < -0.39 is 0 Å². The monoisotopic (exact) mass is 343 g/mol. The van der Waals surface area contributed by atoms with Gasteiger partial charge in [0.25, 0.3) is 0 Å². The minimum atomic E-state index is 0.0448. The first-order valence-corrected chi connectivity index (χ1v) is 8.01. The number of aromatic hydroxyl groups is 1. The van der Waals surface area contributed by atoms with Gasteiger partial charge in [0, 0.05) is 24.7 Å². The highest BCUT2D eigenvalue weighted by molar-refractivity contribution is 5.85. The second-order valence-corrected chi connectivity index (χ2v) is 5.53. The van der Waals surface area contributed by atoms with Gasteiger partial charge in [-0.1, -0.05) is 6.07 Å². The number of nitrogens with zero attached hydrogens (tertiary/aromatic N) is 4. The van der Waals surface area contributed by atoms with Gasteiger partial charge in [0.15, 0.2) is 17.3 Å². The molecule has 132 valence electrons. The van der Waals surface area contributed by atoms with Gasteiger partial charge in [0.1, 0.15) is 11.6 Å². The second kappa shape index (κ2) is 7.80. The molecule has 1 saturated heterocycles. The van der Waals surface area contributed by atoms with Gasteiger partial charge in [-0.05, 0) is 19.1 Å². The van der Waals surface area contributed by atoms with Gasteiger partial charge in [-0.2, -0.15) is 5.10 Å². The maximum atomic E-state index is 10.1. The van der Waals surface area contributed by atoms with Gasteiger partial charge >= 0.3 is 0 Å². The fourth-order valence-electron chi connectivity index (χ4n) is 2.54. The summed E-state index contributed by atoms with van der Waals surface area (Å²) in [4.78, 5) is 11.0. The molecule has 25 heavy (non-hydrogen) atoms. The number of methoxy groups -OCH3 is 1. The van der Waals surface area contributed by atoms with Crippen LogP contribution < -0.4 is 15.1 Å². The fraction of sp³-hybridized carbons (Fsp3) is 0.353. The molecule has 1 aromatic heterocycles. The number of aryl methyl sites for hydroxylation is 1. The molecule has 3 rings (SSSR count). The van der Waals surface area contributed by atoms with E-state index in [1.165, 1.54) is 13.3 Å². The molecule has 0 atom stereocenters. The van der Waals surface area contributed by atoms with Crippen LogP contribution in [0.2, 0.25) is 0 Å². The standard InChI is InChI=1S/C17H21N5O3/c1-12-19-15(10-16(20-12)22-6-8-25-9-7-22)21-18-11-13-4-3-5-14(24-2)17(13)23/h3-5,10-11,23H,6-9H2,1-2H3,(H,19,20,21). The number of aromatic nitrogens is 2. The van der Waals surface area contributed by atoms with Crippen LogP contribution in [0.3, 0.4) is 0 Å². The van der Waals surface area contributed by atoms with Crippen molar-refractivity contribution in [2.75, 3.05) is 43.7 Å². The van der Waals surface area contributed by atoms with Crippen LogP contribution in [0.1, 0.15) is 11.4 Å². The number of ether oxygens (including phenoxy) is 2. The Hall–Kier alpha value is -2.87. The van der Waals surface area contributed by atoms with Crippen molar-refractivity contribution in [3.63, 3.8) is 0 Å². The van der Waals surface area contributed by atoms with Crippen molar-refractivity contribution in [1.82, 2.24) is 9.97 Å². The zero-order valence-corrected chi connectivity index (χ0v) is 14.3. The lowest BCUT2D eigenvalue weighted by atomic mass is 10.2. The SMILES string of the molecule is COc1cccc(C=NNc2cc(N3CCOCC3)nc(C)n2)c1O. The van der Waals surface area contributed by atoms with Crippen molar-refractivity contribution in [2.45, 2.75) is 6.92 Å². The predicted octanol–water partition coefficient (Wildman–Crippen LogP) is 1.78. The Kier molecular flexibility index (Phi) is 5.30. The summed E-state index contributed by atoms with van der Waals surface area (Å²) in [6.07, 6.45) is 1.52. The number of para-hydroxylation sites is 1. The van der Waals surface area contributed by atoms with Crippen molar-refractivity contribution in [2.24, 2.45) is 5.10 Å². The van der Waals surface area contributed by atoms with Crippen molar-refractivity contribution in [3.8, 4) is 11.5 Å². The van der Waals surface area contributed by atoms with Gasteiger partial charge in [0.2, 0.25) is 0 Å². The first-order chi connectivity index (χ1) is 12.2. The Balaban J connectivity index is 1.73. The quantitative estimate of drug-likeness (QED) is 0.631. The minimum absolute atomic E-state index is 0.0448. The fourth-order valence-corrected chi connectivity index (χ4v) is 2.54. The summed E-state index contributed by atoms with van der Waals surface area (Å²) in [5, 5.41) is 14.2. The molecule has 1 fully saturated rings. The highest BCUT2D eigenvalue weighted by atomic mass is 16.5. The van der Waals surface area contributed by atoms with Crippen molar-refractivity contribution in [3.05, 3.63) is 35.7 Å². The van der Waals surface area contributed by atoms with Crippen molar-refractivity contribution < 1.29 is 14.6 Å². The lowest BCUT2D eigenvalue weighted by Crippen LogP contribution is -2.36. The van der Waals surface area contributed by atoms with E-state index in [0.717, 1.165) is 18.9 Å². The molecule has 0 unspecified atom stereocenters. The number of phenolic OH excluding ortho intramolecular Hbond substituents is 1. The zero-order chi connectivity index (χ0) is 17.6. The van der Waals surface area contributed by atoms with Crippen LogP contribution in [0.4, 0.5) is 11.6 Å². The Morgan fingerprint density at radius 3 is 2.88 bits per heavy atom. The lowest BCUT2D eigenvalue weighted by Gasteiger charge is -2.28. The summed E-state index contributed by atoms with van der Waals surface area (Å²) in [5.41, 5.74) is 3.43. The summed E-state index contributed by atoms with van der Waals surface area (Å²) >= 11 is 0. The Bertz CT molecular complexity index is 760. The minimum Gasteiger partial charge on any atom is -0.504 e. The van der Waals surface area contributed by atoms with Crippen molar-refractivity contribution in [1.29, 1.82) is 0 Å². The van der Waals surface area contributed by atoms with Gasteiger partial charge < -0.3 is 19.5 Å². The number of hydrogen-bond donors (Lipinski definition) is 2. The maximum Gasteiger partial charge on any atom is 0.166 e. The first-order valence-electron chi connectivity index (χ1n) is 8.01. The average molecular weight is 343 g/mol. The van der Waals surface area contributed by atoms with E-state index >= 15 is 0 Å². The summed E-state index contributed by atoms with van der Waals surface area (Å²) in [6, 6.07) is 7.06. The van der Waals surface area contributed by atoms with Crippen LogP contribution in [0.25, 0.3) is 0 Å². The molecule has 1 aromatic carbocycles. The van der Waals surface area contributed by atoms with Crippen LogP contribution in [-0.2, 0) is 4.74 Å². The van der Waals surface area contributed by atoms with E-state index in [0.29, 0.717) is 36.2 Å². The lowest BCUT2D eigenvalue weighted by molar-refractivity contribution is 0.122. The van der Waals surface area contributed by atoms with E-state index in [4.69, 9.17) is 9.47 Å². The highest BCUT2D eigenvalue weighted by Crippen LogP contribution is 2.28. The van der Waals surface area contributed by atoms with Crippen LogP contribution in [0, 0.1) is 6.92 Å². The highest BCUT2D eigenvalue weighted by Gasteiger charge is 2.14. The molecule has 0 radical (unpaired) electrons. The zero-order valence-electron chi connectivity index (χ0n) is 14.3. The number of phenols is 1. The topological polar surface area (TPSA) is 92.1 Å². The molecule has 0 saturated carbocycles. The van der Waals surface area contributed by atoms with Crippen molar-refractivity contribution >= 4 is 17.9 Å². The molecule has 0 amide bonds. The van der Waals surface area contributed by atoms with E-state index in [1.54, 1.807) is 18.2 Å². The summed E-state index contributed by atoms with van der Waals surface area (Å²) in [6.45, 7) is 4.83. The van der Waals surface area contributed by atoms with E-state index in [9.17, 15) is 5.11 Å². The molecule has 2 aromatic rings. The molecule has 1 aliphatic heterocycles. The van der Waals surface area contributed by atoms with Crippen LogP contribution in [-0.4, -0.2) is 54.7 Å². The normalized spacial score (nSPS) is 14.7. The van der Waals surface area contributed by atoms with Gasteiger partial charge in [-0.15, -0.1) is 0 Å². The van der Waals surface area contributed by atoms with Gasteiger partial charge in [0.05, 0.1) is 26.5 Å². The molecule has 2 heterocycles. The third-order valence-corrected chi connectivity index (χ3v) is 3.79. The van der Waals surface area contributed by atoms with E-state index in [1.807, 2.05) is 13.0 Å². The van der Waals surface area contributed by atoms with Gasteiger partial charge in [-0.25, -0.2) is 9.97 Å². The number of morpholine rings is 1. The Morgan fingerprint density at radius 2 is 2.12 bits per heavy atom. The number of rotatable bonds is 5. The van der Waals surface area contributed by atoms with Crippen LogP contribution in [0.5, 0.6) is 11.5 Å². The number of anilines is 2. The Labute approximate surface area is 146 Å².